The normalized spacial score (nSPS) is 10.5. The number of nitrogens with two attached hydrogens (primary N) is 1. The summed E-state index contributed by atoms with van der Waals surface area (Å²) in [6.45, 7) is 1.06. The standard InChI is InChI=1S/C13H21N3O2/c1-15(2)13(17)9-16(3)8-10-5-6-12(18-4)11(14)7-10/h5-7H,8-9,14H2,1-4H3. The molecule has 1 amide bonds. The van der Waals surface area contributed by atoms with Crippen molar-refractivity contribution in [3.8, 4) is 5.75 Å². The lowest BCUT2D eigenvalue weighted by atomic mass is 10.2. The molecule has 0 saturated heterocycles. The topological polar surface area (TPSA) is 58.8 Å². The second kappa shape index (κ2) is 6.26. The molecule has 2 N–H and O–H groups in total. The molecular formula is C13H21N3O2. The Morgan fingerprint density at radius 2 is 2.00 bits per heavy atom. The molecule has 0 bridgehead atoms. The molecular weight excluding hydrogens is 230 g/mol. The van der Waals surface area contributed by atoms with Crippen molar-refractivity contribution in [2.24, 2.45) is 0 Å². The van der Waals surface area contributed by atoms with Gasteiger partial charge in [0.1, 0.15) is 5.75 Å². The van der Waals surface area contributed by atoms with Crippen LogP contribution in [0.3, 0.4) is 0 Å². The van der Waals surface area contributed by atoms with Gasteiger partial charge in [-0.05, 0) is 24.7 Å². The van der Waals surface area contributed by atoms with E-state index in [0.29, 0.717) is 24.5 Å². The molecule has 0 radical (unpaired) electrons. The first-order chi connectivity index (χ1) is 8.43. The van der Waals surface area contributed by atoms with Crippen LogP contribution in [0, 0.1) is 0 Å². The van der Waals surface area contributed by atoms with Gasteiger partial charge in [0.05, 0.1) is 19.3 Å². The van der Waals surface area contributed by atoms with Crippen molar-refractivity contribution >= 4 is 11.6 Å². The van der Waals surface area contributed by atoms with Gasteiger partial charge < -0.3 is 15.4 Å². The van der Waals surface area contributed by atoms with Gasteiger partial charge in [-0.15, -0.1) is 0 Å². The Balaban J connectivity index is 2.62. The minimum atomic E-state index is 0.0824. The predicted octanol–water partition coefficient (Wildman–Crippen LogP) is 0.797. The maximum Gasteiger partial charge on any atom is 0.236 e. The molecule has 18 heavy (non-hydrogen) atoms. The molecule has 0 atom stereocenters. The number of anilines is 1. The van der Waals surface area contributed by atoms with Crippen LogP contribution in [0.1, 0.15) is 5.56 Å². The van der Waals surface area contributed by atoms with Crippen molar-refractivity contribution in [2.45, 2.75) is 6.54 Å². The summed E-state index contributed by atoms with van der Waals surface area (Å²) in [5.74, 6) is 0.754. The number of ether oxygens (including phenoxy) is 1. The number of amides is 1. The number of hydrogen-bond acceptors (Lipinski definition) is 4. The third-order valence-electron chi connectivity index (χ3n) is 2.65. The number of hydrogen-bond donors (Lipinski definition) is 1. The van der Waals surface area contributed by atoms with Gasteiger partial charge in [-0.1, -0.05) is 6.07 Å². The second-order valence-electron chi connectivity index (χ2n) is 4.54. The Labute approximate surface area is 108 Å². The van der Waals surface area contributed by atoms with E-state index in [9.17, 15) is 4.79 Å². The van der Waals surface area contributed by atoms with Crippen LogP contribution in [0.25, 0.3) is 0 Å². The fraction of sp³-hybridized carbons (Fsp3) is 0.462. The van der Waals surface area contributed by atoms with E-state index in [1.54, 1.807) is 26.1 Å². The fourth-order valence-corrected chi connectivity index (χ4v) is 1.62. The van der Waals surface area contributed by atoms with E-state index in [1.807, 2.05) is 30.1 Å². The highest BCUT2D eigenvalue weighted by Gasteiger charge is 2.09. The van der Waals surface area contributed by atoms with Gasteiger partial charge in [0.2, 0.25) is 5.91 Å². The number of nitrogen functional groups attached to an aromatic ring is 1. The van der Waals surface area contributed by atoms with Gasteiger partial charge in [-0.2, -0.15) is 0 Å². The van der Waals surface area contributed by atoms with Crippen LogP contribution in [0.15, 0.2) is 18.2 Å². The summed E-state index contributed by atoms with van der Waals surface area (Å²) in [7, 11) is 7.00. The highest BCUT2D eigenvalue weighted by molar-refractivity contribution is 5.77. The third kappa shape index (κ3) is 3.92. The number of carbonyl (C=O) groups is 1. The van der Waals surface area contributed by atoms with Gasteiger partial charge in [0.25, 0.3) is 0 Å². The van der Waals surface area contributed by atoms with Crippen LogP contribution in [0.2, 0.25) is 0 Å². The third-order valence-corrected chi connectivity index (χ3v) is 2.65. The molecule has 0 aliphatic rings. The average Bonchev–Trinajstić information content (AvgIpc) is 2.28. The lowest BCUT2D eigenvalue weighted by Crippen LogP contribution is -2.34. The van der Waals surface area contributed by atoms with Crippen molar-refractivity contribution in [2.75, 3.05) is 40.5 Å². The highest BCUT2D eigenvalue weighted by Crippen LogP contribution is 2.22. The molecule has 5 heteroatoms. The Hall–Kier alpha value is -1.75. The van der Waals surface area contributed by atoms with Crippen LogP contribution in [-0.4, -0.2) is 50.5 Å². The van der Waals surface area contributed by atoms with Crippen LogP contribution in [-0.2, 0) is 11.3 Å². The fourth-order valence-electron chi connectivity index (χ4n) is 1.62. The molecule has 0 unspecified atom stereocenters. The first-order valence-electron chi connectivity index (χ1n) is 5.75. The summed E-state index contributed by atoms with van der Waals surface area (Å²) < 4.78 is 5.10. The van der Waals surface area contributed by atoms with Gasteiger partial charge >= 0.3 is 0 Å². The molecule has 5 nitrogen and oxygen atoms in total. The Bertz CT molecular complexity index is 419. The molecule has 0 heterocycles. The van der Waals surface area contributed by atoms with Crippen molar-refractivity contribution in [3.63, 3.8) is 0 Å². The molecule has 1 rings (SSSR count). The molecule has 1 aromatic carbocycles. The summed E-state index contributed by atoms with van der Waals surface area (Å²) in [4.78, 5) is 15.1. The van der Waals surface area contributed by atoms with Gasteiger partial charge in [0, 0.05) is 20.6 Å². The van der Waals surface area contributed by atoms with Crippen LogP contribution in [0.5, 0.6) is 5.75 Å². The van der Waals surface area contributed by atoms with Crippen molar-refractivity contribution < 1.29 is 9.53 Å². The van der Waals surface area contributed by atoms with Crippen molar-refractivity contribution in [1.82, 2.24) is 9.80 Å². The lowest BCUT2D eigenvalue weighted by Gasteiger charge is -2.19. The quantitative estimate of drug-likeness (QED) is 0.786. The van der Waals surface area contributed by atoms with Gasteiger partial charge in [0.15, 0.2) is 0 Å². The van der Waals surface area contributed by atoms with E-state index in [0.717, 1.165) is 5.56 Å². The second-order valence-corrected chi connectivity index (χ2v) is 4.54. The molecule has 0 aliphatic heterocycles. The van der Waals surface area contributed by atoms with E-state index in [2.05, 4.69) is 0 Å². The van der Waals surface area contributed by atoms with Crippen molar-refractivity contribution in [1.29, 1.82) is 0 Å². The van der Waals surface area contributed by atoms with Crippen LogP contribution >= 0.6 is 0 Å². The van der Waals surface area contributed by atoms with Crippen molar-refractivity contribution in [3.05, 3.63) is 23.8 Å². The van der Waals surface area contributed by atoms with Crippen LogP contribution < -0.4 is 10.5 Å². The van der Waals surface area contributed by atoms with E-state index in [-0.39, 0.29) is 5.91 Å². The largest absolute Gasteiger partial charge is 0.495 e. The number of likely N-dealkylation sites (N-methyl/N-ethyl adjacent to an activating group) is 2. The summed E-state index contributed by atoms with van der Waals surface area (Å²) >= 11 is 0. The smallest absolute Gasteiger partial charge is 0.236 e. The summed E-state index contributed by atoms with van der Waals surface area (Å²) in [5, 5.41) is 0. The zero-order valence-electron chi connectivity index (χ0n) is 11.4. The maximum absolute atomic E-state index is 11.6. The number of carbonyl (C=O) groups excluding carboxylic acids is 1. The zero-order valence-corrected chi connectivity index (χ0v) is 11.4. The van der Waals surface area contributed by atoms with E-state index in [4.69, 9.17) is 10.5 Å². The number of nitrogens with zero attached hydrogens (tertiary/aromatic N) is 2. The predicted molar refractivity (Wildman–Crippen MR) is 72.4 cm³/mol. The monoisotopic (exact) mass is 251 g/mol. The summed E-state index contributed by atoms with van der Waals surface area (Å²) in [6.07, 6.45) is 0. The Morgan fingerprint density at radius 3 is 2.50 bits per heavy atom. The summed E-state index contributed by atoms with van der Waals surface area (Å²) in [6, 6.07) is 5.66. The first-order valence-corrected chi connectivity index (χ1v) is 5.75. The molecule has 1 aromatic rings. The summed E-state index contributed by atoms with van der Waals surface area (Å²) in [5.41, 5.74) is 7.51. The number of benzene rings is 1. The van der Waals surface area contributed by atoms with Gasteiger partial charge in [-0.25, -0.2) is 0 Å². The van der Waals surface area contributed by atoms with E-state index < -0.39 is 0 Å². The minimum absolute atomic E-state index is 0.0824. The average molecular weight is 251 g/mol. The molecule has 0 spiro atoms. The van der Waals surface area contributed by atoms with E-state index >= 15 is 0 Å². The number of rotatable bonds is 5. The molecule has 0 aliphatic carbocycles. The van der Waals surface area contributed by atoms with Crippen LogP contribution in [0.4, 0.5) is 5.69 Å². The number of methoxy groups -OCH3 is 1. The van der Waals surface area contributed by atoms with Gasteiger partial charge in [-0.3, -0.25) is 9.69 Å². The molecule has 0 aromatic heterocycles. The minimum Gasteiger partial charge on any atom is -0.495 e. The maximum atomic E-state index is 11.6. The SMILES string of the molecule is COc1ccc(CN(C)CC(=O)N(C)C)cc1N. The Morgan fingerprint density at radius 1 is 1.33 bits per heavy atom. The lowest BCUT2D eigenvalue weighted by molar-refractivity contribution is -0.129. The highest BCUT2D eigenvalue weighted by atomic mass is 16.5. The molecule has 0 saturated carbocycles. The van der Waals surface area contributed by atoms with E-state index in [1.165, 1.54) is 0 Å². The first kappa shape index (κ1) is 14.3. The Kier molecular flexibility index (Phi) is 4.97. The molecule has 0 fully saturated rings. The zero-order chi connectivity index (χ0) is 13.7. The molecule has 100 valence electrons.